The van der Waals surface area contributed by atoms with Gasteiger partial charge in [0.1, 0.15) is 5.82 Å². The summed E-state index contributed by atoms with van der Waals surface area (Å²) in [5.41, 5.74) is 1.75. The second kappa shape index (κ2) is 4.61. The highest BCUT2D eigenvalue weighted by molar-refractivity contribution is 5.66. The molecular formula is C12H14FNO2. The van der Waals surface area contributed by atoms with Crippen molar-refractivity contribution in [1.82, 2.24) is 5.32 Å². The van der Waals surface area contributed by atoms with E-state index in [1.54, 1.807) is 6.07 Å². The van der Waals surface area contributed by atoms with Gasteiger partial charge in [-0.05, 0) is 30.0 Å². The molecule has 16 heavy (non-hydrogen) atoms. The maximum atomic E-state index is 13.4. The van der Waals surface area contributed by atoms with Crippen molar-refractivity contribution in [3.8, 4) is 0 Å². The van der Waals surface area contributed by atoms with E-state index in [0.717, 1.165) is 24.0 Å². The zero-order chi connectivity index (χ0) is 11.5. The standard InChI is InChI=1S/C12H14FNO2/c13-10-3-1-2-9-8(10)4-5-11(9)14-7-6-12(15)16/h1-3,11,14H,4-7H2,(H,15,16). The van der Waals surface area contributed by atoms with Crippen molar-refractivity contribution in [2.75, 3.05) is 6.54 Å². The quantitative estimate of drug-likeness (QED) is 0.819. The van der Waals surface area contributed by atoms with E-state index in [0.29, 0.717) is 6.54 Å². The van der Waals surface area contributed by atoms with E-state index < -0.39 is 5.97 Å². The predicted molar refractivity (Wildman–Crippen MR) is 57.7 cm³/mol. The molecule has 0 saturated heterocycles. The van der Waals surface area contributed by atoms with Crippen LogP contribution in [0.1, 0.15) is 30.0 Å². The third-order valence-electron chi connectivity index (χ3n) is 2.94. The summed E-state index contributed by atoms with van der Waals surface area (Å²) < 4.78 is 13.4. The Morgan fingerprint density at radius 1 is 1.56 bits per heavy atom. The fourth-order valence-electron chi connectivity index (χ4n) is 2.18. The molecule has 0 amide bonds. The first-order chi connectivity index (χ1) is 7.68. The molecule has 1 unspecified atom stereocenters. The number of fused-ring (bicyclic) bond motifs is 1. The normalized spacial score (nSPS) is 18.4. The van der Waals surface area contributed by atoms with Crippen molar-refractivity contribution in [2.24, 2.45) is 0 Å². The highest BCUT2D eigenvalue weighted by Gasteiger charge is 2.24. The molecule has 0 bridgehead atoms. The van der Waals surface area contributed by atoms with E-state index in [-0.39, 0.29) is 18.3 Å². The van der Waals surface area contributed by atoms with Crippen molar-refractivity contribution < 1.29 is 14.3 Å². The van der Waals surface area contributed by atoms with E-state index >= 15 is 0 Å². The lowest BCUT2D eigenvalue weighted by Crippen LogP contribution is -2.22. The van der Waals surface area contributed by atoms with Crippen molar-refractivity contribution in [3.63, 3.8) is 0 Å². The zero-order valence-corrected chi connectivity index (χ0v) is 8.87. The molecule has 0 saturated carbocycles. The molecular weight excluding hydrogens is 209 g/mol. The Hall–Kier alpha value is -1.42. The van der Waals surface area contributed by atoms with Crippen LogP contribution in [0, 0.1) is 5.82 Å². The van der Waals surface area contributed by atoms with Gasteiger partial charge in [0.2, 0.25) is 0 Å². The number of rotatable bonds is 4. The van der Waals surface area contributed by atoms with Gasteiger partial charge in [-0.1, -0.05) is 12.1 Å². The summed E-state index contributed by atoms with van der Waals surface area (Å²) in [6, 6.07) is 5.18. The van der Waals surface area contributed by atoms with Crippen LogP contribution in [0.15, 0.2) is 18.2 Å². The lowest BCUT2D eigenvalue weighted by molar-refractivity contribution is -0.136. The lowest BCUT2D eigenvalue weighted by atomic mass is 10.1. The Kier molecular flexibility index (Phi) is 3.19. The Balaban J connectivity index is 2.01. The van der Waals surface area contributed by atoms with Crippen LogP contribution in [-0.2, 0) is 11.2 Å². The number of carboxylic acids is 1. The van der Waals surface area contributed by atoms with Gasteiger partial charge in [-0.25, -0.2) is 4.39 Å². The molecule has 0 spiro atoms. The average Bonchev–Trinajstić information content (AvgIpc) is 2.63. The first-order valence-electron chi connectivity index (χ1n) is 5.41. The van der Waals surface area contributed by atoms with Gasteiger partial charge < -0.3 is 10.4 Å². The van der Waals surface area contributed by atoms with Crippen LogP contribution in [-0.4, -0.2) is 17.6 Å². The Morgan fingerprint density at radius 3 is 3.12 bits per heavy atom. The molecule has 0 heterocycles. The fraction of sp³-hybridized carbons (Fsp3) is 0.417. The highest BCUT2D eigenvalue weighted by Crippen LogP contribution is 2.32. The van der Waals surface area contributed by atoms with E-state index in [1.165, 1.54) is 6.07 Å². The van der Waals surface area contributed by atoms with Gasteiger partial charge in [-0.15, -0.1) is 0 Å². The summed E-state index contributed by atoms with van der Waals surface area (Å²) in [6.07, 6.45) is 1.67. The van der Waals surface area contributed by atoms with Crippen molar-refractivity contribution in [1.29, 1.82) is 0 Å². The molecule has 0 aromatic heterocycles. The highest BCUT2D eigenvalue weighted by atomic mass is 19.1. The topological polar surface area (TPSA) is 49.3 Å². The molecule has 3 nitrogen and oxygen atoms in total. The SMILES string of the molecule is O=C(O)CCNC1CCc2c(F)cccc21. The smallest absolute Gasteiger partial charge is 0.304 e. The Morgan fingerprint density at radius 2 is 2.38 bits per heavy atom. The molecule has 2 rings (SSSR count). The number of halogens is 1. The Labute approximate surface area is 93.3 Å². The van der Waals surface area contributed by atoms with E-state index in [1.807, 2.05) is 6.07 Å². The van der Waals surface area contributed by atoms with Crippen molar-refractivity contribution in [3.05, 3.63) is 35.1 Å². The maximum absolute atomic E-state index is 13.4. The van der Waals surface area contributed by atoms with Crippen molar-refractivity contribution >= 4 is 5.97 Å². The van der Waals surface area contributed by atoms with Crippen LogP contribution in [0.25, 0.3) is 0 Å². The van der Waals surface area contributed by atoms with Gasteiger partial charge >= 0.3 is 5.97 Å². The number of benzene rings is 1. The van der Waals surface area contributed by atoms with E-state index in [4.69, 9.17) is 5.11 Å². The molecule has 0 radical (unpaired) electrons. The molecule has 1 aliphatic rings. The van der Waals surface area contributed by atoms with Gasteiger partial charge in [0, 0.05) is 12.6 Å². The third-order valence-corrected chi connectivity index (χ3v) is 2.94. The molecule has 1 aromatic carbocycles. The second-order valence-electron chi connectivity index (χ2n) is 4.00. The molecule has 4 heteroatoms. The molecule has 1 aliphatic carbocycles. The first-order valence-corrected chi connectivity index (χ1v) is 5.41. The maximum Gasteiger partial charge on any atom is 0.304 e. The lowest BCUT2D eigenvalue weighted by Gasteiger charge is -2.12. The van der Waals surface area contributed by atoms with E-state index in [9.17, 15) is 9.18 Å². The van der Waals surface area contributed by atoms with Crippen LogP contribution in [0.4, 0.5) is 4.39 Å². The van der Waals surface area contributed by atoms with Gasteiger partial charge in [-0.3, -0.25) is 4.79 Å². The summed E-state index contributed by atoms with van der Waals surface area (Å²) >= 11 is 0. The minimum Gasteiger partial charge on any atom is -0.481 e. The number of hydrogen-bond acceptors (Lipinski definition) is 2. The number of hydrogen-bond donors (Lipinski definition) is 2. The third kappa shape index (κ3) is 2.22. The van der Waals surface area contributed by atoms with Crippen molar-refractivity contribution in [2.45, 2.75) is 25.3 Å². The minimum atomic E-state index is -0.815. The summed E-state index contributed by atoms with van der Waals surface area (Å²) in [5, 5.41) is 11.7. The minimum absolute atomic E-state index is 0.0984. The van der Waals surface area contributed by atoms with Gasteiger partial charge in [0.15, 0.2) is 0 Å². The van der Waals surface area contributed by atoms with Gasteiger partial charge in [-0.2, -0.15) is 0 Å². The zero-order valence-electron chi connectivity index (χ0n) is 8.87. The summed E-state index contributed by atoms with van der Waals surface area (Å²) in [5.74, 6) is -0.968. The molecule has 1 atom stereocenters. The van der Waals surface area contributed by atoms with Gasteiger partial charge in [0.25, 0.3) is 0 Å². The monoisotopic (exact) mass is 223 g/mol. The molecule has 86 valence electrons. The van der Waals surface area contributed by atoms with Crippen LogP contribution in [0.2, 0.25) is 0 Å². The number of carbonyl (C=O) groups is 1. The largest absolute Gasteiger partial charge is 0.481 e. The molecule has 0 aliphatic heterocycles. The Bertz CT molecular complexity index is 406. The predicted octanol–water partition coefficient (Wildman–Crippen LogP) is 1.88. The summed E-state index contributed by atoms with van der Waals surface area (Å²) in [7, 11) is 0. The fourth-order valence-corrected chi connectivity index (χ4v) is 2.18. The van der Waals surface area contributed by atoms with Crippen LogP contribution in [0.5, 0.6) is 0 Å². The molecule has 1 aromatic rings. The first kappa shape index (κ1) is 11.1. The summed E-state index contributed by atoms with van der Waals surface area (Å²) in [6.45, 7) is 0.427. The van der Waals surface area contributed by atoms with Crippen LogP contribution >= 0.6 is 0 Å². The summed E-state index contributed by atoms with van der Waals surface area (Å²) in [4.78, 5) is 10.4. The number of aliphatic carboxylic acids is 1. The van der Waals surface area contributed by atoms with Crippen LogP contribution in [0.3, 0.4) is 0 Å². The number of carboxylic acid groups (broad SMARTS) is 1. The molecule has 0 fully saturated rings. The van der Waals surface area contributed by atoms with Gasteiger partial charge in [0.05, 0.1) is 6.42 Å². The average molecular weight is 223 g/mol. The van der Waals surface area contributed by atoms with Crippen LogP contribution < -0.4 is 5.32 Å². The number of nitrogens with one attached hydrogen (secondary N) is 1. The van der Waals surface area contributed by atoms with E-state index in [2.05, 4.69) is 5.32 Å². The second-order valence-corrected chi connectivity index (χ2v) is 4.00. The molecule has 2 N–H and O–H groups in total.